The number of nitrogens with one attached hydrogen (secondary N) is 2. The minimum atomic E-state index is -4.61. The highest BCUT2D eigenvalue weighted by Crippen LogP contribution is 2.41. The van der Waals surface area contributed by atoms with E-state index < -0.39 is 41.7 Å². The van der Waals surface area contributed by atoms with Gasteiger partial charge in [-0.3, -0.25) is 14.5 Å². The van der Waals surface area contributed by atoms with Crippen molar-refractivity contribution in [3.8, 4) is 0 Å². The zero-order valence-corrected chi connectivity index (χ0v) is 16.1. The summed E-state index contributed by atoms with van der Waals surface area (Å²) in [5, 5.41) is 4.82. The lowest BCUT2D eigenvalue weighted by Gasteiger charge is -2.22. The summed E-state index contributed by atoms with van der Waals surface area (Å²) >= 11 is 5.88. The van der Waals surface area contributed by atoms with Gasteiger partial charge in [-0.25, -0.2) is 4.79 Å². The summed E-state index contributed by atoms with van der Waals surface area (Å²) in [5.74, 6) is -1.41. The summed E-state index contributed by atoms with van der Waals surface area (Å²) in [6.07, 6.45) is -3.65. The van der Waals surface area contributed by atoms with E-state index in [2.05, 4.69) is 10.6 Å². The number of fused-ring (bicyclic) bond motifs is 2. The number of anilines is 1. The lowest BCUT2D eigenvalue weighted by atomic mass is 9.92. The Balaban J connectivity index is 1.53. The molecule has 1 fully saturated rings. The van der Waals surface area contributed by atoms with Gasteiger partial charge in [0.2, 0.25) is 5.91 Å². The van der Waals surface area contributed by atoms with Crippen LogP contribution in [0.15, 0.2) is 42.5 Å². The average Bonchev–Trinajstić information content (AvgIpc) is 3.16. The van der Waals surface area contributed by atoms with E-state index in [1.165, 1.54) is 0 Å². The third-order valence-corrected chi connectivity index (χ3v) is 5.62. The Morgan fingerprint density at radius 3 is 2.67 bits per heavy atom. The number of nitrogens with zero attached hydrogens (tertiary/aromatic N) is 1. The molecule has 4 amide bonds. The van der Waals surface area contributed by atoms with Gasteiger partial charge in [0, 0.05) is 0 Å². The van der Waals surface area contributed by atoms with Gasteiger partial charge in [0.25, 0.3) is 5.91 Å². The molecular formula is C20H15ClF3N3O3. The van der Waals surface area contributed by atoms with Crippen molar-refractivity contribution in [1.82, 2.24) is 10.2 Å². The van der Waals surface area contributed by atoms with Gasteiger partial charge < -0.3 is 10.6 Å². The zero-order chi connectivity index (χ0) is 21.7. The molecule has 30 heavy (non-hydrogen) atoms. The molecule has 1 saturated heterocycles. The molecule has 2 aliphatic rings. The van der Waals surface area contributed by atoms with Gasteiger partial charge >= 0.3 is 12.2 Å². The van der Waals surface area contributed by atoms with Crippen LogP contribution in [0.25, 0.3) is 0 Å². The molecule has 1 atom stereocenters. The van der Waals surface area contributed by atoms with E-state index in [0.717, 1.165) is 22.6 Å². The first-order valence-electron chi connectivity index (χ1n) is 9.01. The van der Waals surface area contributed by atoms with Gasteiger partial charge in [-0.15, -0.1) is 0 Å². The highest BCUT2D eigenvalue weighted by Gasteiger charge is 2.55. The third kappa shape index (κ3) is 3.28. The normalized spacial score (nSPS) is 20.5. The molecule has 4 rings (SSSR count). The molecular weight excluding hydrogens is 423 g/mol. The largest absolute Gasteiger partial charge is 0.416 e. The quantitative estimate of drug-likeness (QED) is 0.719. The number of urea groups is 1. The van der Waals surface area contributed by atoms with E-state index in [1.807, 2.05) is 12.1 Å². The molecule has 0 radical (unpaired) electrons. The van der Waals surface area contributed by atoms with E-state index in [4.69, 9.17) is 11.6 Å². The molecule has 156 valence electrons. The molecule has 1 aliphatic carbocycles. The van der Waals surface area contributed by atoms with Crippen LogP contribution in [-0.4, -0.2) is 29.3 Å². The molecule has 0 unspecified atom stereocenters. The summed E-state index contributed by atoms with van der Waals surface area (Å²) in [5.41, 5.74) is -0.842. The fourth-order valence-corrected chi connectivity index (χ4v) is 4.03. The van der Waals surface area contributed by atoms with Crippen molar-refractivity contribution < 1.29 is 27.6 Å². The Bertz CT molecular complexity index is 1070. The predicted octanol–water partition coefficient (Wildman–Crippen LogP) is 3.69. The number of amides is 4. The highest BCUT2D eigenvalue weighted by atomic mass is 35.5. The topological polar surface area (TPSA) is 78.5 Å². The van der Waals surface area contributed by atoms with Gasteiger partial charge in [0.1, 0.15) is 12.1 Å². The molecule has 2 aromatic rings. The first kappa shape index (κ1) is 20.2. The first-order chi connectivity index (χ1) is 14.1. The van der Waals surface area contributed by atoms with Crippen molar-refractivity contribution in [3.63, 3.8) is 0 Å². The number of rotatable bonds is 3. The fourth-order valence-electron chi connectivity index (χ4n) is 3.86. The van der Waals surface area contributed by atoms with Crippen LogP contribution in [0.4, 0.5) is 23.7 Å². The Hall–Kier alpha value is -3.07. The van der Waals surface area contributed by atoms with Gasteiger partial charge in [-0.05, 0) is 42.2 Å². The molecule has 10 heteroatoms. The lowest BCUT2D eigenvalue weighted by Crippen LogP contribution is -2.43. The lowest BCUT2D eigenvalue weighted by molar-refractivity contribution is -0.137. The molecule has 0 aromatic heterocycles. The van der Waals surface area contributed by atoms with Gasteiger partial charge in [-0.1, -0.05) is 35.9 Å². The van der Waals surface area contributed by atoms with Crippen molar-refractivity contribution in [2.45, 2.75) is 24.6 Å². The Kier molecular flexibility index (Phi) is 4.73. The molecule has 2 aromatic carbocycles. The second-order valence-corrected chi connectivity index (χ2v) is 7.53. The molecule has 0 saturated carbocycles. The summed E-state index contributed by atoms with van der Waals surface area (Å²) in [7, 11) is 0. The van der Waals surface area contributed by atoms with Crippen LogP contribution in [0.3, 0.4) is 0 Å². The van der Waals surface area contributed by atoms with Crippen LogP contribution in [-0.2, 0) is 27.7 Å². The number of imide groups is 1. The van der Waals surface area contributed by atoms with E-state index in [0.29, 0.717) is 24.5 Å². The molecule has 2 N–H and O–H groups in total. The summed E-state index contributed by atoms with van der Waals surface area (Å²) in [6, 6.07) is 8.98. The summed E-state index contributed by atoms with van der Waals surface area (Å²) in [4.78, 5) is 38.6. The van der Waals surface area contributed by atoms with Crippen molar-refractivity contribution in [3.05, 3.63) is 64.2 Å². The smallest absolute Gasteiger partial charge is 0.323 e. The van der Waals surface area contributed by atoms with Crippen molar-refractivity contribution in [2.75, 3.05) is 11.9 Å². The molecule has 1 heterocycles. The van der Waals surface area contributed by atoms with Gasteiger partial charge in [0.05, 0.1) is 16.3 Å². The maximum absolute atomic E-state index is 13.0. The van der Waals surface area contributed by atoms with Crippen LogP contribution < -0.4 is 10.6 Å². The fraction of sp³-hybridized carbons (Fsp3) is 0.250. The van der Waals surface area contributed by atoms with E-state index in [9.17, 15) is 27.6 Å². The Morgan fingerprint density at radius 1 is 1.20 bits per heavy atom. The van der Waals surface area contributed by atoms with Crippen LogP contribution in [0.1, 0.15) is 23.1 Å². The summed E-state index contributed by atoms with van der Waals surface area (Å²) < 4.78 is 38.7. The monoisotopic (exact) mass is 437 g/mol. The number of halogens is 4. The second-order valence-electron chi connectivity index (χ2n) is 7.12. The van der Waals surface area contributed by atoms with Crippen LogP contribution in [0, 0.1) is 0 Å². The summed E-state index contributed by atoms with van der Waals surface area (Å²) in [6.45, 7) is -0.652. The van der Waals surface area contributed by atoms with Crippen molar-refractivity contribution in [1.29, 1.82) is 0 Å². The zero-order valence-electron chi connectivity index (χ0n) is 15.3. The Labute approximate surface area is 174 Å². The number of aryl methyl sites for hydroxylation is 1. The average molecular weight is 438 g/mol. The maximum Gasteiger partial charge on any atom is 0.416 e. The molecule has 6 nitrogen and oxygen atoms in total. The number of carbonyl (C=O) groups excluding carboxylic acids is 3. The van der Waals surface area contributed by atoms with Crippen molar-refractivity contribution >= 4 is 35.1 Å². The first-order valence-corrected chi connectivity index (χ1v) is 9.39. The Morgan fingerprint density at radius 2 is 1.93 bits per heavy atom. The number of carbonyl (C=O) groups is 3. The van der Waals surface area contributed by atoms with Crippen molar-refractivity contribution in [2.24, 2.45) is 0 Å². The molecule has 1 spiro atoms. The number of hydrogen-bond acceptors (Lipinski definition) is 3. The standard InChI is InChI=1S/C20H15ClF3N3O3/c21-14-6-5-12(20(22,23)24)9-15(14)25-16(28)10-27-17(29)19(26-18(27)30)8-7-11-3-1-2-4-13(11)19/h1-6,9H,7-8,10H2,(H,25,28)(H,26,30)/t19-/m1/s1. The minimum Gasteiger partial charge on any atom is -0.323 e. The minimum absolute atomic E-state index is 0.102. The molecule has 1 aliphatic heterocycles. The van der Waals surface area contributed by atoms with Gasteiger partial charge in [-0.2, -0.15) is 13.2 Å². The third-order valence-electron chi connectivity index (χ3n) is 5.29. The number of hydrogen-bond donors (Lipinski definition) is 2. The van der Waals surface area contributed by atoms with E-state index >= 15 is 0 Å². The van der Waals surface area contributed by atoms with E-state index in [-0.39, 0.29) is 10.7 Å². The predicted molar refractivity (Wildman–Crippen MR) is 102 cm³/mol. The van der Waals surface area contributed by atoms with Crippen LogP contribution in [0.5, 0.6) is 0 Å². The maximum atomic E-state index is 13.0. The number of benzene rings is 2. The highest BCUT2D eigenvalue weighted by molar-refractivity contribution is 6.33. The number of alkyl halides is 3. The van der Waals surface area contributed by atoms with Crippen LogP contribution >= 0.6 is 11.6 Å². The molecule has 0 bridgehead atoms. The SMILES string of the molecule is O=C(CN1C(=O)N[C@@]2(CCc3ccccc32)C1=O)Nc1cc(C(F)(F)F)ccc1Cl. The van der Waals surface area contributed by atoms with E-state index in [1.54, 1.807) is 12.1 Å². The van der Waals surface area contributed by atoms with Gasteiger partial charge in [0.15, 0.2) is 0 Å². The van der Waals surface area contributed by atoms with Crippen LogP contribution in [0.2, 0.25) is 5.02 Å². The second kappa shape index (κ2) is 7.02.